The van der Waals surface area contributed by atoms with Gasteiger partial charge in [-0.05, 0) is 67.3 Å². The number of aliphatic carboxylic acids is 1. The van der Waals surface area contributed by atoms with E-state index in [1.54, 1.807) is 19.1 Å². The minimum absolute atomic E-state index is 0.0851. The maximum atomic E-state index is 12.3. The fourth-order valence-electron chi connectivity index (χ4n) is 3.07. The van der Waals surface area contributed by atoms with E-state index in [1.807, 2.05) is 66.7 Å². The number of aryl methyl sites for hydroxylation is 1. The van der Waals surface area contributed by atoms with Crippen LogP contribution in [0.25, 0.3) is 0 Å². The SMILES string of the molecule is CC(Oc1ccc(CCC(=O)O)cc1)C(=O)NCCc1ccc(Oc2ccccc2)cc1. The minimum Gasteiger partial charge on any atom is -0.481 e. The zero-order valence-corrected chi connectivity index (χ0v) is 18.0. The summed E-state index contributed by atoms with van der Waals surface area (Å²) < 4.78 is 11.5. The molecule has 3 aromatic rings. The molecule has 1 atom stereocenters. The van der Waals surface area contributed by atoms with Crippen molar-refractivity contribution in [2.24, 2.45) is 0 Å². The lowest BCUT2D eigenvalue weighted by Gasteiger charge is -2.15. The Morgan fingerprint density at radius 2 is 1.38 bits per heavy atom. The molecule has 32 heavy (non-hydrogen) atoms. The summed E-state index contributed by atoms with van der Waals surface area (Å²) in [6.45, 7) is 2.20. The molecule has 1 unspecified atom stereocenters. The van der Waals surface area contributed by atoms with E-state index in [2.05, 4.69) is 5.32 Å². The van der Waals surface area contributed by atoms with Gasteiger partial charge < -0.3 is 19.9 Å². The highest BCUT2D eigenvalue weighted by Crippen LogP contribution is 2.21. The fourth-order valence-corrected chi connectivity index (χ4v) is 3.07. The number of hydrogen-bond acceptors (Lipinski definition) is 4. The summed E-state index contributed by atoms with van der Waals surface area (Å²) in [7, 11) is 0. The van der Waals surface area contributed by atoms with Crippen LogP contribution >= 0.6 is 0 Å². The zero-order valence-electron chi connectivity index (χ0n) is 18.0. The summed E-state index contributed by atoms with van der Waals surface area (Å²) in [6, 6.07) is 24.5. The van der Waals surface area contributed by atoms with Gasteiger partial charge in [-0.25, -0.2) is 0 Å². The quantitative estimate of drug-likeness (QED) is 0.461. The molecule has 3 aromatic carbocycles. The molecule has 0 radical (unpaired) electrons. The number of carboxylic acid groups (broad SMARTS) is 1. The Labute approximate surface area is 187 Å². The van der Waals surface area contributed by atoms with Crippen molar-refractivity contribution in [3.8, 4) is 17.2 Å². The molecule has 6 nitrogen and oxygen atoms in total. The molecule has 0 aliphatic rings. The van der Waals surface area contributed by atoms with Crippen molar-refractivity contribution in [3.05, 3.63) is 90.0 Å². The van der Waals surface area contributed by atoms with Crippen LogP contribution in [-0.2, 0) is 22.4 Å². The predicted octanol–water partition coefficient (Wildman–Crippen LogP) is 4.62. The third kappa shape index (κ3) is 7.47. The Hall–Kier alpha value is -3.80. The van der Waals surface area contributed by atoms with Crippen LogP contribution in [0.15, 0.2) is 78.9 Å². The first kappa shape index (κ1) is 22.9. The van der Waals surface area contributed by atoms with Gasteiger partial charge in [0, 0.05) is 13.0 Å². The Morgan fingerprint density at radius 3 is 2.00 bits per heavy atom. The molecule has 166 valence electrons. The van der Waals surface area contributed by atoms with Crippen molar-refractivity contribution >= 4 is 11.9 Å². The number of amides is 1. The van der Waals surface area contributed by atoms with Crippen molar-refractivity contribution in [1.29, 1.82) is 0 Å². The van der Waals surface area contributed by atoms with Gasteiger partial charge in [0.15, 0.2) is 6.10 Å². The van der Waals surface area contributed by atoms with Crippen molar-refractivity contribution in [2.75, 3.05) is 6.54 Å². The second-order valence-electron chi connectivity index (χ2n) is 7.40. The first-order valence-electron chi connectivity index (χ1n) is 10.6. The Kier molecular flexibility index (Phi) is 8.26. The molecule has 6 heteroatoms. The number of carbonyl (C=O) groups excluding carboxylic acids is 1. The van der Waals surface area contributed by atoms with E-state index >= 15 is 0 Å². The monoisotopic (exact) mass is 433 g/mol. The van der Waals surface area contributed by atoms with Crippen molar-refractivity contribution in [1.82, 2.24) is 5.32 Å². The Morgan fingerprint density at radius 1 is 0.812 bits per heavy atom. The van der Waals surface area contributed by atoms with Crippen molar-refractivity contribution in [3.63, 3.8) is 0 Å². The van der Waals surface area contributed by atoms with E-state index in [1.165, 1.54) is 0 Å². The number of ether oxygens (including phenoxy) is 2. The van der Waals surface area contributed by atoms with Gasteiger partial charge in [-0.15, -0.1) is 0 Å². The van der Waals surface area contributed by atoms with Gasteiger partial charge in [-0.2, -0.15) is 0 Å². The highest BCUT2D eigenvalue weighted by atomic mass is 16.5. The van der Waals surface area contributed by atoms with E-state index in [9.17, 15) is 9.59 Å². The highest BCUT2D eigenvalue weighted by Gasteiger charge is 2.14. The fraction of sp³-hybridized carbons (Fsp3) is 0.231. The topological polar surface area (TPSA) is 84.9 Å². The summed E-state index contributed by atoms with van der Waals surface area (Å²) >= 11 is 0. The second-order valence-corrected chi connectivity index (χ2v) is 7.40. The van der Waals surface area contributed by atoms with Crippen LogP contribution < -0.4 is 14.8 Å². The molecule has 0 bridgehead atoms. The summed E-state index contributed by atoms with van der Waals surface area (Å²) in [5, 5.41) is 11.6. The van der Waals surface area contributed by atoms with E-state index < -0.39 is 12.1 Å². The molecule has 0 aromatic heterocycles. The summed E-state index contributed by atoms with van der Waals surface area (Å²) in [5.41, 5.74) is 2.01. The second kappa shape index (κ2) is 11.6. The number of nitrogens with one attached hydrogen (secondary N) is 1. The predicted molar refractivity (Wildman–Crippen MR) is 122 cm³/mol. The number of para-hydroxylation sites is 1. The molecular formula is C26H27NO5. The molecule has 0 heterocycles. The Bertz CT molecular complexity index is 1000. The molecule has 0 aliphatic heterocycles. The van der Waals surface area contributed by atoms with Gasteiger partial charge in [-0.3, -0.25) is 9.59 Å². The van der Waals surface area contributed by atoms with Crippen LogP contribution in [0.2, 0.25) is 0 Å². The van der Waals surface area contributed by atoms with Crippen LogP contribution in [0, 0.1) is 0 Å². The summed E-state index contributed by atoms with van der Waals surface area (Å²) in [4.78, 5) is 23.0. The third-order valence-corrected chi connectivity index (χ3v) is 4.85. The van der Waals surface area contributed by atoms with Crippen LogP contribution in [0.3, 0.4) is 0 Å². The lowest BCUT2D eigenvalue weighted by molar-refractivity contribution is -0.137. The number of carboxylic acids is 1. The number of hydrogen-bond donors (Lipinski definition) is 2. The molecule has 0 spiro atoms. The summed E-state index contributed by atoms with van der Waals surface area (Å²) in [5.74, 6) is 1.10. The van der Waals surface area contributed by atoms with E-state index in [0.29, 0.717) is 25.1 Å². The van der Waals surface area contributed by atoms with Crippen LogP contribution in [-0.4, -0.2) is 29.6 Å². The van der Waals surface area contributed by atoms with Crippen LogP contribution in [0.1, 0.15) is 24.5 Å². The molecular weight excluding hydrogens is 406 g/mol. The van der Waals surface area contributed by atoms with E-state index in [4.69, 9.17) is 14.6 Å². The number of benzene rings is 3. The first-order valence-corrected chi connectivity index (χ1v) is 10.6. The van der Waals surface area contributed by atoms with Crippen molar-refractivity contribution in [2.45, 2.75) is 32.3 Å². The van der Waals surface area contributed by atoms with Gasteiger partial charge in [0.25, 0.3) is 5.91 Å². The van der Waals surface area contributed by atoms with Gasteiger partial charge in [0.1, 0.15) is 17.2 Å². The molecule has 0 fully saturated rings. The average Bonchev–Trinajstić information content (AvgIpc) is 2.80. The number of carbonyl (C=O) groups is 2. The molecule has 0 saturated carbocycles. The molecule has 2 N–H and O–H groups in total. The summed E-state index contributed by atoms with van der Waals surface area (Å²) in [6.07, 6.45) is 0.608. The maximum absolute atomic E-state index is 12.3. The lowest BCUT2D eigenvalue weighted by Crippen LogP contribution is -2.37. The first-order chi connectivity index (χ1) is 15.5. The Balaban J connectivity index is 1.39. The van der Waals surface area contributed by atoms with Crippen LogP contribution in [0.5, 0.6) is 17.2 Å². The third-order valence-electron chi connectivity index (χ3n) is 4.85. The van der Waals surface area contributed by atoms with Gasteiger partial charge in [-0.1, -0.05) is 42.5 Å². The molecule has 0 saturated heterocycles. The van der Waals surface area contributed by atoms with Gasteiger partial charge in [0.2, 0.25) is 0 Å². The standard InChI is InChI=1S/C26H27NO5/c1-19(31-23-12-7-20(8-13-23)11-16-25(28)29)26(30)27-18-17-21-9-14-24(15-10-21)32-22-5-3-2-4-6-22/h2-10,12-15,19H,11,16-18H2,1H3,(H,27,30)(H,28,29). The molecule has 1 amide bonds. The van der Waals surface area contributed by atoms with Gasteiger partial charge in [0.05, 0.1) is 0 Å². The molecule has 0 aliphatic carbocycles. The number of rotatable bonds is 11. The lowest BCUT2D eigenvalue weighted by atomic mass is 10.1. The maximum Gasteiger partial charge on any atom is 0.303 e. The highest BCUT2D eigenvalue weighted by molar-refractivity contribution is 5.80. The van der Waals surface area contributed by atoms with Crippen molar-refractivity contribution < 1.29 is 24.2 Å². The average molecular weight is 434 g/mol. The zero-order chi connectivity index (χ0) is 22.8. The minimum atomic E-state index is -0.827. The normalized spacial score (nSPS) is 11.4. The van der Waals surface area contributed by atoms with E-state index in [-0.39, 0.29) is 12.3 Å². The van der Waals surface area contributed by atoms with Crippen LogP contribution in [0.4, 0.5) is 0 Å². The molecule has 3 rings (SSSR count). The van der Waals surface area contributed by atoms with Gasteiger partial charge >= 0.3 is 5.97 Å². The van der Waals surface area contributed by atoms with E-state index in [0.717, 1.165) is 22.6 Å². The largest absolute Gasteiger partial charge is 0.481 e. The smallest absolute Gasteiger partial charge is 0.303 e.